The van der Waals surface area contributed by atoms with Gasteiger partial charge in [0.15, 0.2) is 11.5 Å². The quantitative estimate of drug-likeness (QED) is 0.856. The molecule has 0 amide bonds. The molecular weight excluding hydrogens is 272 g/mol. The molecule has 0 N–H and O–H groups in total. The third-order valence-electron chi connectivity index (χ3n) is 2.95. The Hall–Kier alpha value is -1.03. The number of rotatable bonds is 3. The Kier molecular flexibility index (Phi) is 3.19. The number of ether oxygens (including phenoxy) is 2. The molecule has 1 aromatic rings. The van der Waals surface area contributed by atoms with Crippen LogP contribution in [0.4, 0.5) is 0 Å². The molecule has 1 aliphatic rings. The Labute approximate surface area is 103 Å². The molecule has 86 valence electrons. The van der Waals surface area contributed by atoms with Crippen LogP contribution < -0.4 is 9.47 Å². The van der Waals surface area contributed by atoms with E-state index in [0.29, 0.717) is 23.7 Å². The van der Waals surface area contributed by atoms with Gasteiger partial charge in [0.25, 0.3) is 0 Å². The van der Waals surface area contributed by atoms with Gasteiger partial charge in [-0.05, 0) is 24.1 Å². The average molecular weight is 285 g/mol. The molecule has 1 saturated carbocycles. The van der Waals surface area contributed by atoms with Crippen molar-refractivity contribution in [3.8, 4) is 11.5 Å². The highest BCUT2D eigenvalue weighted by atomic mass is 79.9. The Morgan fingerprint density at radius 2 is 1.88 bits per heavy atom. The van der Waals surface area contributed by atoms with Gasteiger partial charge < -0.3 is 9.47 Å². The van der Waals surface area contributed by atoms with E-state index in [-0.39, 0.29) is 5.92 Å². The van der Waals surface area contributed by atoms with Crippen molar-refractivity contribution in [2.45, 2.75) is 18.8 Å². The molecule has 4 heteroatoms. The van der Waals surface area contributed by atoms with E-state index in [0.717, 1.165) is 16.5 Å². The minimum absolute atomic E-state index is 0.0224. The molecule has 0 spiro atoms. The Balaban J connectivity index is 2.42. The van der Waals surface area contributed by atoms with Gasteiger partial charge in [-0.25, -0.2) is 0 Å². The molecule has 0 aliphatic heterocycles. The summed E-state index contributed by atoms with van der Waals surface area (Å²) in [5, 5.41) is 0. The molecule has 0 saturated heterocycles. The summed E-state index contributed by atoms with van der Waals surface area (Å²) < 4.78 is 11.3. The van der Waals surface area contributed by atoms with Crippen molar-refractivity contribution in [1.29, 1.82) is 0 Å². The number of methoxy groups -OCH3 is 2. The molecule has 0 bridgehead atoms. The van der Waals surface area contributed by atoms with Gasteiger partial charge in [0.2, 0.25) is 0 Å². The van der Waals surface area contributed by atoms with Crippen LogP contribution >= 0.6 is 15.9 Å². The first kappa shape index (κ1) is 11.5. The maximum absolute atomic E-state index is 11.4. The smallest absolute Gasteiger partial charge is 0.161 e. The standard InChI is InChI=1S/C12H13BrO3/c1-15-11-5-8(7-3-4-10(7)14)9(13)6-12(11)16-2/h5-7H,3-4H2,1-2H3. The Bertz CT molecular complexity index is 429. The van der Waals surface area contributed by atoms with Crippen molar-refractivity contribution in [3.63, 3.8) is 0 Å². The molecule has 0 radical (unpaired) electrons. The summed E-state index contributed by atoms with van der Waals surface area (Å²) in [6.07, 6.45) is 1.61. The van der Waals surface area contributed by atoms with Gasteiger partial charge in [-0.2, -0.15) is 0 Å². The second kappa shape index (κ2) is 4.45. The number of benzene rings is 1. The van der Waals surface area contributed by atoms with E-state index < -0.39 is 0 Å². The molecule has 0 heterocycles. The molecule has 0 aromatic heterocycles. The van der Waals surface area contributed by atoms with Crippen molar-refractivity contribution >= 4 is 21.7 Å². The number of carbonyl (C=O) groups excluding carboxylic acids is 1. The first-order chi connectivity index (χ1) is 7.67. The van der Waals surface area contributed by atoms with Gasteiger partial charge in [-0.15, -0.1) is 0 Å². The van der Waals surface area contributed by atoms with Crippen molar-refractivity contribution in [3.05, 3.63) is 22.2 Å². The Morgan fingerprint density at radius 1 is 1.25 bits per heavy atom. The van der Waals surface area contributed by atoms with Crippen LogP contribution in [0.15, 0.2) is 16.6 Å². The van der Waals surface area contributed by atoms with Crippen LogP contribution in [0, 0.1) is 0 Å². The number of ketones is 1. The van der Waals surface area contributed by atoms with Crippen molar-refractivity contribution in [1.82, 2.24) is 0 Å². The van der Waals surface area contributed by atoms with E-state index in [2.05, 4.69) is 15.9 Å². The van der Waals surface area contributed by atoms with Crippen molar-refractivity contribution in [2.75, 3.05) is 14.2 Å². The topological polar surface area (TPSA) is 35.5 Å². The van der Waals surface area contributed by atoms with Gasteiger partial charge in [0.1, 0.15) is 5.78 Å². The van der Waals surface area contributed by atoms with Gasteiger partial charge in [0, 0.05) is 16.8 Å². The fourth-order valence-electron chi connectivity index (χ4n) is 1.87. The summed E-state index contributed by atoms with van der Waals surface area (Å²) in [5.74, 6) is 1.66. The highest BCUT2D eigenvalue weighted by Gasteiger charge is 2.31. The molecule has 1 unspecified atom stereocenters. The highest BCUT2D eigenvalue weighted by molar-refractivity contribution is 9.10. The third-order valence-corrected chi connectivity index (χ3v) is 3.63. The molecule has 1 atom stereocenters. The van der Waals surface area contributed by atoms with Gasteiger partial charge >= 0.3 is 0 Å². The zero-order valence-electron chi connectivity index (χ0n) is 9.25. The number of Topliss-reactive ketones (excluding diaryl/α,β-unsaturated/α-hetero) is 1. The van der Waals surface area contributed by atoms with Gasteiger partial charge in [-0.1, -0.05) is 15.9 Å². The van der Waals surface area contributed by atoms with Crippen LogP contribution in [-0.4, -0.2) is 20.0 Å². The lowest BCUT2D eigenvalue weighted by Crippen LogP contribution is -2.23. The molecule has 3 nitrogen and oxygen atoms in total. The van der Waals surface area contributed by atoms with Crippen LogP contribution in [0.3, 0.4) is 0 Å². The first-order valence-corrected chi connectivity index (χ1v) is 5.90. The lowest BCUT2D eigenvalue weighted by atomic mass is 9.78. The number of hydrogen-bond donors (Lipinski definition) is 0. The van der Waals surface area contributed by atoms with E-state index in [1.54, 1.807) is 14.2 Å². The van der Waals surface area contributed by atoms with E-state index >= 15 is 0 Å². The van der Waals surface area contributed by atoms with Crippen LogP contribution in [-0.2, 0) is 4.79 Å². The number of hydrogen-bond acceptors (Lipinski definition) is 3. The predicted molar refractivity (Wildman–Crippen MR) is 64.2 cm³/mol. The SMILES string of the molecule is COc1cc(Br)c(C2CCC2=O)cc1OC. The summed E-state index contributed by atoms with van der Waals surface area (Å²) in [6, 6.07) is 3.73. The monoisotopic (exact) mass is 284 g/mol. The van der Waals surface area contributed by atoms with E-state index in [9.17, 15) is 4.79 Å². The van der Waals surface area contributed by atoms with Crippen LogP contribution in [0.2, 0.25) is 0 Å². The first-order valence-electron chi connectivity index (χ1n) is 5.11. The zero-order chi connectivity index (χ0) is 11.7. The maximum atomic E-state index is 11.4. The summed E-state index contributed by atoms with van der Waals surface area (Å²) in [4.78, 5) is 11.4. The van der Waals surface area contributed by atoms with Gasteiger partial charge in [-0.3, -0.25) is 4.79 Å². The highest BCUT2D eigenvalue weighted by Crippen LogP contribution is 2.42. The maximum Gasteiger partial charge on any atom is 0.161 e. The van der Waals surface area contributed by atoms with E-state index in [4.69, 9.17) is 9.47 Å². The average Bonchev–Trinajstić information content (AvgIpc) is 2.29. The minimum atomic E-state index is 0.0224. The van der Waals surface area contributed by atoms with E-state index in [1.165, 1.54) is 0 Å². The number of carbonyl (C=O) groups is 1. The zero-order valence-corrected chi connectivity index (χ0v) is 10.8. The summed E-state index contributed by atoms with van der Waals surface area (Å²) >= 11 is 3.47. The van der Waals surface area contributed by atoms with Crippen molar-refractivity contribution in [2.24, 2.45) is 0 Å². The Morgan fingerprint density at radius 3 is 2.31 bits per heavy atom. The molecular formula is C12H13BrO3. The molecule has 1 aromatic carbocycles. The number of halogens is 1. The van der Waals surface area contributed by atoms with Gasteiger partial charge in [0.05, 0.1) is 14.2 Å². The summed E-state index contributed by atoms with van der Waals surface area (Å²) in [7, 11) is 3.19. The van der Waals surface area contributed by atoms with Crippen LogP contribution in [0.25, 0.3) is 0 Å². The normalized spacial score (nSPS) is 19.2. The fourth-order valence-corrected chi connectivity index (χ4v) is 2.47. The molecule has 1 fully saturated rings. The lowest BCUT2D eigenvalue weighted by Gasteiger charge is -2.26. The fraction of sp³-hybridized carbons (Fsp3) is 0.417. The second-order valence-electron chi connectivity index (χ2n) is 3.79. The predicted octanol–water partition coefficient (Wildman–Crippen LogP) is 2.91. The van der Waals surface area contributed by atoms with Crippen LogP contribution in [0.5, 0.6) is 11.5 Å². The lowest BCUT2D eigenvalue weighted by molar-refractivity contribution is -0.125. The molecule has 16 heavy (non-hydrogen) atoms. The summed E-state index contributed by atoms with van der Waals surface area (Å²) in [5.41, 5.74) is 0.994. The van der Waals surface area contributed by atoms with E-state index in [1.807, 2.05) is 12.1 Å². The van der Waals surface area contributed by atoms with Crippen molar-refractivity contribution < 1.29 is 14.3 Å². The third kappa shape index (κ3) is 1.82. The second-order valence-corrected chi connectivity index (χ2v) is 4.64. The molecule has 1 aliphatic carbocycles. The molecule has 2 rings (SSSR count). The minimum Gasteiger partial charge on any atom is -0.493 e. The van der Waals surface area contributed by atoms with Crippen LogP contribution in [0.1, 0.15) is 24.3 Å². The summed E-state index contributed by atoms with van der Waals surface area (Å²) in [6.45, 7) is 0. The largest absolute Gasteiger partial charge is 0.493 e.